The second-order valence-corrected chi connectivity index (χ2v) is 9.20. The molecule has 1 aliphatic rings. The number of aliphatic hydroxyl groups is 2. The smallest absolute Gasteiger partial charge is 0.0801 e. The maximum Gasteiger partial charge on any atom is 0.0801 e. The molecule has 0 amide bonds. The average molecular weight is 369 g/mol. The second-order valence-electron chi connectivity index (χ2n) is 9.20. The van der Waals surface area contributed by atoms with Crippen LogP contribution in [0.25, 0.3) is 0 Å². The molecule has 156 valence electrons. The summed E-state index contributed by atoms with van der Waals surface area (Å²) in [6.07, 6.45) is 22.4. The van der Waals surface area contributed by atoms with Gasteiger partial charge in [0.05, 0.1) is 12.7 Å². The first-order chi connectivity index (χ1) is 12.7. The predicted molar refractivity (Wildman–Crippen MR) is 113 cm³/mol. The van der Waals surface area contributed by atoms with Crippen LogP contribution in [0.3, 0.4) is 0 Å². The molecule has 2 nitrogen and oxygen atoms in total. The van der Waals surface area contributed by atoms with Gasteiger partial charge in [0, 0.05) is 0 Å². The van der Waals surface area contributed by atoms with Gasteiger partial charge in [-0.15, -0.1) is 0 Å². The number of hydrogen-bond acceptors (Lipinski definition) is 2. The highest BCUT2D eigenvalue weighted by molar-refractivity contribution is 4.79. The summed E-state index contributed by atoms with van der Waals surface area (Å²) < 4.78 is 0. The van der Waals surface area contributed by atoms with Crippen molar-refractivity contribution < 1.29 is 10.2 Å². The van der Waals surface area contributed by atoms with Gasteiger partial charge in [0.15, 0.2) is 0 Å². The van der Waals surface area contributed by atoms with E-state index in [9.17, 15) is 10.2 Å². The fraction of sp³-hybridized carbons (Fsp3) is 1.00. The molecular weight excluding hydrogens is 320 g/mol. The van der Waals surface area contributed by atoms with Crippen molar-refractivity contribution in [3.63, 3.8) is 0 Å². The van der Waals surface area contributed by atoms with Crippen molar-refractivity contribution in [2.75, 3.05) is 6.61 Å². The molecule has 0 heterocycles. The van der Waals surface area contributed by atoms with Crippen LogP contribution in [0.15, 0.2) is 0 Å². The molecule has 0 aromatic carbocycles. The minimum Gasteiger partial charge on any atom is -0.394 e. The first-order valence-electron chi connectivity index (χ1n) is 12.0. The second kappa shape index (κ2) is 15.9. The Morgan fingerprint density at radius 3 is 1.19 bits per heavy atom. The Labute approximate surface area is 164 Å². The molecule has 0 bridgehead atoms. The third-order valence-corrected chi connectivity index (χ3v) is 6.66. The molecule has 2 heteroatoms. The lowest BCUT2D eigenvalue weighted by Crippen LogP contribution is -2.33. The molecule has 1 rings (SSSR count). The van der Waals surface area contributed by atoms with Gasteiger partial charge in [0.2, 0.25) is 0 Å². The molecule has 2 N–H and O–H groups in total. The van der Waals surface area contributed by atoms with Crippen molar-refractivity contribution in [3.05, 3.63) is 0 Å². The lowest BCUT2D eigenvalue weighted by atomic mass is 9.74. The van der Waals surface area contributed by atoms with E-state index in [0.717, 1.165) is 6.42 Å². The molecule has 1 aliphatic carbocycles. The Morgan fingerprint density at radius 1 is 0.577 bits per heavy atom. The highest BCUT2D eigenvalue weighted by Gasteiger charge is 2.29. The zero-order chi connectivity index (χ0) is 19.0. The molecule has 0 aliphatic heterocycles. The molecule has 1 saturated carbocycles. The number of aliphatic hydroxyl groups excluding tert-OH is 2. The Morgan fingerprint density at radius 2 is 0.885 bits per heavy atom. The van der Waals surface area contributed by atoms with E-state index in [0.29, 0.717) is 11.8 Å². The summed E-state index contributed by atoms with van der Waals surface area (Å²) in [4.78, 5) is 0. The maximum atomic E-state index is 10.4. The van der Waals surface area contributed by atoms with Crippen LogP contribution >= 0.6 is 0 Å². The fourth-order valence-electron chi connectivity index (χ4n) is 4.93. The van der Waals surface area contributed by atoms with Crippen LogP contribution in [0, 0.1) is 17.8 Å². The highest BCUT2D eigenvalue weighted by Crippen LogP contribution is 2.33. The summed E-state index contributed by atoms with van der Waals surface area (Å²) in [7, 11) is 0. The summed E-state index contributed by atoms with van der Waals surface area (Å²) in [5.74, 6) is 1.43. The molecule has 0 spiro atoms. The zero-order valence-corrected chi connectivity index (χ0v) is 17.9. The summed E-state index contributed by atoms with van der Waals surface area (Å²) in [5.41, 5.74) is 0. The Kier molecular flexibility index (Phi) is 14.7. The molecular formula is C24H48O2. The van der Waals surface area contributed by atoms with Crippen molar-refractivity contribution in [2.24, 2.45) is 17.8 Å². The van der Waals surface area contributed by atoms with Crippen LogP contribution in [-0.2, 0) is 0 Å². The van der Waals surface area contributed by atoms with Crippen molar-refractivity contribution in [1.29, 1.82) is 0 Å². The van der Waals surface area contributed by atoms with E-state index in [1.807, 2.05) is 0 Å². The Bertz CT molecular complexity index is 303. The van der Waals surface area contributed by atoms with E-state index in [2.05, 4.69) is 13.8 Å². The lowest BCUT2D eigenvalue weighted by molar-refractivity contribution is 0.00434. The van der Waals surface area contributed by atoms with Crippen LogP contribution in [0.2, 0.25) is 0 Å². The topological polar surface area (TPSA) is 40.5 Å². The molecule has 3 atom stereocenters. The van der Waals surface area contributed by atoms with E-state index in [-0.39, 0.29) is 12.5 Å². The quantitative estimate of drug-likeness (QED) is 0.570. The van der Waals surface area contributed by atoms with Gasteiger partial charge >= 0.3 is 0 Å². The van der Waals surface area contributed by atoms with Gasteiger partial charge in [-0.1, -0.05) is 110 Å². The summed E-state index contributed by atoms with van der Waals surface area (Å²) in [6, 6.07) is 0. The van der Waals surface area contributed by atoms with Crippen LogP contribution in [0.1, 0.15) is 123 Å². The van der Waals surface area contributed by atoms with Crippen molar-refractivity contribution in [1.82, 2.24) is 0 Å². The van der Waals surface area contributed by atoms with Crippen molar-refractivity contribution >= 4 is 0 Å². The molecule has 0 saturated heterocycles. The molecule has 3 unspecified atom stereocenters. The van der Waals surface area contributed by atoms with Gasteiger partial charge in [-0.25, -0.2) is 0 Å². The maximum absolute atomic E-state index is 10.4. The lowest BCUT2D eigenvalue weighted by Gasteiger charge is -2.33. The van der Waals surface area contributed by atoms with E-state index in [4.69, 9.17) is 0 Å². The van der Waals surface area contributed by atoms with Crippen LogP contribution in [0.5, 0.6) is 0 Å². The SMILES string of the molecule is CC(C)C1CCCCCCCCCCCCCCCCCC1C(O)CO. The van der Waals surface area contributed by atoms with E-state index in [1.165, 1.54) is 103 Å². The predicted octanol–water partition coefficient (Wildman–Crippen LogP) is 6.87. The van der Waals surface area contributed by atoms with Gasteiger partial charge in [-0.3, -0.25) is 0 Å². The number of rotatable bonds is 3. The summed E-state index contributed by atoms with van der Waals surface area (Å²) in [5, 5.41) is 20.0. The molecule has 26 heavy (non-hydrogen) atoms. The first kappa shape index (κ1) is 24.0. The van der Waals surface area contributed by atoms with Crippen molar-refractivity contribution in [3.8, 4) is 0 Å². The monoisotopic (exact) mass is 368 g/mol. The number of hydrogen-bond donors (Lipinski definition) is 2. The molecule has 0 radical (unpaired) electrons. The van der Waals surface area contributed by atoms with Gasteiger partial charge < -0.3 is 10.2 Å². The summed E-state index contributed by atoms with van der Waals surface area (Å²) >= 11 is 0. The van der Waals surface area contributed by atoms with Crippen molar-refractivity contribution in [2.45, 2.75) is 129 Å². The molecule has 0 aromatic rings. The van der Waals surface area contributed by atoms with E-state index < -0.39 is 6.10 Å². The zero-order valence-electron chi connectivity index (χ0n) is 17.9. The van der Waals surface area contributed by atoms with Crippen LogP contribution in [-0.4, -0.2) is 22.9 Å². The first-order valence-corrected chi connectivity index (χ1v) is 12.0. The molecule has 1 fully saturated rings. The minimum absolute atomic E-state index is 0.0755. The Hall–Kier alpha value is -0.0800. The van der Waals surface area contributed by atoms with Gasteiger partial charge in [-0.2, -0.15) is 0 Å². The van der Waals surface area contributed by atoms with Crippen LogP contribution < -0.4 is 0 Å². The van der Waals surface area contributed by atoms with Crippen LogP contribution in [0.4, 0.5) is 0 Å². The third kappa shape index (κ3) is 10.9. The summed E-state index contributed by atoms with van der Waals surface area (Å²) in [6.45, 7) is 4.53. The van der Waals surface area contributed by atoms with Gasteiger partial charge in [-0.05, 0) is 30.6 Å². The molecule has 0 aromatic heterocycles. The van der Waals surface area contributed by atoms with E-state index >= 15 is 0 Å². The van der Waals surface area contributed by atoms with Gasteiger partial charge in [0.25, 0.3) is 0 Å². The standard InChI is InChI=1S/C24H48O2/c1-21(2)22-18-16-14-12-10-8-6-4-3-5-7-9-11-13-15-17-19-23(22)24(26)20-25/h21-26H,3-20H2,1-2H3. The minimum atomic E-state index is -0.531. The normalized spacial score (nSPS) is 28.0. The fourth-order valence-corrected chi connectivity index (χ4v) is 4.93. The van der Waals surface area contributed by atoms with E-state index in [1.54, 1.807) is 0 Å². The average Bonchev–Trinajstić information content (AvgIpc) is 2.63. The third-order valence-electron chi connectivity index (χ3n) is 6.66. The Balaban J connectivity index is 2.54. The van der Waals surface area contributed by atoms with Gasteiger partial charge in [0.1, 0.15) is 0 Å². The highest BCUT2D eigenvalue weighted by atomic mass is 16.3. The largest absolute Gasteiger partial charge is 0.394 e.